The second-order valence-corrected chi connectivity index (χ2v) is 9.84. The zero-order chi connectivity index (χ0) is 23.9. The molecule has 8 nitrogen and oxygen atoms in total. The van der Waals surface area contributed by atoms with Crippen molar-refractivity contribution in [3.8, 4) is 11.6 Å². The highest BCUT2D eigenvalue weighted by Gasteiger charge is 2.49. The molecule has 0 unspecified atom stereocenters. The van der Waals surface area contributed by atoms with Crippen molar-refractivity contribution >= 4 is 16.9 Å². The Morgan fingerprint density at radius 1 is 1.14 bits per heavy atom. The highest BCUT2D eigenvalue weighted by atomic mass is 19.1. The summed E-state index contributed by atoms with van der Waals surface area (Å²) in [5, 5.41) is 7.03. The molecule has 35 heavy (non-hydrogen) atoms. The van der Waals surface area contributed by atoms with Crippen molar-refractivity contribution in [2.24, 2.45) is 0 Å². The van der Waals surface area contributed by atoms with Gasteiger partial charge < -0.3 is 24.8 Å². The molecule has 3 aromatic heterocycles. The molecule has 4 aliphatic rings. The van der Waals surface area contributed by atoms with Crippen LogP contribution in [0.25, 0.3) is 11.0 Å². The quantitative estimate of drug-likeness (QED) is 0.529. The summed E-state index contributed by atoms with van der Waals surface area (Å²) in [6, 6.07) is 7.57. The van der Waals surface area contributed by atoms with E-state index in [1.54, 1.807) is 13.2 Å². The van der Waals surface area contributed by atoms with Crippen molar-refractivity contribution in [3.63, 3.8) is 0 Å². The van der Waals surface area contributed by atoms with Crippen LogP contribution < -0.4 is 20.1 Å². The second-order valence-electron chi connectivity index (χ2n) is 9.84. The number of pyridine rings is 3. The number of nitrogens with one attached hydrogen (secondary N) is 2. The first-order valence-electron chi connectivity index (χ1n) is 12.3. The average Bonchev–Trinajstić information content (AvgIpc) is 2.92. The normalized spacial score (nSPS) is 25.1. The van der Waals surface area contributed by atoms with Gasteiger partial charge in [0, 0.05) is 23.7 Å². The number of anilines is 1. The molecule has 0 atom stereocenters. The summed E-state index contributed by atoms with van der Waals surface area (Å²) in [5.41, 5.74) is 2.57. The minimum atomic E-state index is -0.324. The van der Waals surface area contributed by atoms with Crippen LogP contribution in [0.2, 0.25) is 0 Å². The first-order chi connectivity index (χ1) is 17.1. The summed E-state index contributed by atoms with van der Waals surface area (Å²) in [6.45, 7) is 2.79. The second kappa shape index (κ2) is 8.87. The van der Waals surface area contributed by atoms with Crippen LogP contribution >= 0.6 is 0 Å². The van der Waals surface area contributed by atoms with E-state index in [1.165, 1.54) is 6.20 Å². The first kappa shape index (κ1) is 22.4. The minimum Gasteiger partial charge on any atom is -0.488 e. The van der Waals surface area contributed by atoms with Crippen LogP contribution in [-0.4, -0.2) is 53.0 Å². The van der Waals surface area contributed by atoms with Crippen molar-refractivity contribution in [1.82, 2.24) is 20.3 Å². The molecule has 0 aromatic carbocycles. The summed E-state index contributed by atoms with van der Waals surface area (Å²) in [5.74, 6) is 1.77. The molecular weight excluding hydrogens is 449 g/mol. The van der Waals surface area contributed by atoms with Crippen LogP contribution in [-0.2, 0) is 17.7 Å². The fourth-order valence-corrected chi connectivity index (χ4v) is 5.53. The highest BCUT2D eigenvalue weighted by molar-refractivity contribution is 5.78. The SMILES string of the molecule is COc1ccc2ncc(F)c(CCC34CCC(NCc5ccc6c(n5)NCCO6)(CC3)CO4)c2n1. The van der Waals surface area contributed by atoms with Gasteiger partial charge >= 0.3 is 0 Å². The Morgan fingerprint density at radius 2 is 2.03 bits per heavy atom. The van der Waals surface area contributed by atoms with E-state index >= 15 is 0 Å². The Balaban J connectivity index is 1.10. The van der Waals surface area contributed by atoms with Crippen molar-refractivity contribution < 1.29 is 18.6 Å². The molecule has 184 valence electrons. The molecule has 2 N–H and O–H groups in total. The molecule has 0 spiro atoms. The van der Waals surface area contributed by atoms with Crippen LogP contribution in [0.5, 0.6) is 11.6 Å². The fourth-order valence-electron chi connectivity index (χ4n) is 5.53. The zero-order valence-corrected chi connectivity index (χ0v) is 19.9. The predicted octanol–water partition coefficient (Wildman–Crippen LogP) is 3.78. The van der Waals surface area contributed by atoms with Crippen LogP contribution in [0.15, 0.2) is 30.5 Å². The summed E-state index contributed by atoms with van der Waals surface area (Å²) in [6.07, 6.45) is 6.58. The molecule has 3 aliphatic heterocycles. The van der Waals surface area contributed by atoms with Crippen molar-refractivity contribution in [3.05, 3.63) is 47.5 Å². The lowest BCUT2D eigenvalue weighted by molar-refractivity contribution is -0.165. The largest absolute Gasteiger partial charge is 0.488 e. The molecule has 6 heterocycles. The van der Waals surface area contributed by atoms with Crippen LogP contribution in [0.1, 0.15) is 43.4 Å². The molecule has 9 heteroatoms. The summed E-state index contributed by atoms with van der Waals surface area (Å²) in [7, 11) is 1.56. The number of ether oxygens (including phenoxy) is 3. The van der Waals surface area contributed by atoms with Gasteiger partial charge in [-0.1, -0.05) is 0 Å². The van der Waals surface area contributed by atoms with E-state index in [0.29, 0.717) is 48.7 Å². The van der Waals surface area contributed by atoms with Crippen LogP contribution in [0, 0.1) is 5.82 Å². The Labute approximate surface area is 203 Å². The molecular formula is C26H30FN5O3. The van der Waals surface area contributed by atoms with Gasteiger partial charge in [0.15, 0.2) is 11.6 Å². The topological polar surface area (TPSA) is 90.4 Å². The van der Waals surface area contributed by atoms with E-state index in [1.807, 2.05) is 18.2 Å². The summed E-state index contributed by atoms with van der Waals surface area (Å²) in [4.78, 5) is 13.4. The summed E-state index contributed by atoms with van der Waals surface area (Å²) >= 11 is 0. The van der Waals surface area contributed by atoms with Gasteiger partial charge in [0.1, 0.15) is 12.4 Å². The fraction of sp³-hybridized carbons (Fsp3) is 0.500. The molecule has 2 saturated heterocycles. The third-order valence-corrected chi connectivity index (χ3v) is 7.76. The first-order valence-corrected chi connectivity index (χ1v) is 12.3. The van der Waals surface area contributed by atoms with Gasteiger partial charge in [-0.05, 0) is 56.7 Å². The monoisotopic (exact) mass is 479 g/mol. The minimum absolute atomic E-state index is 0.0349. The lowest BCUT2D eigenvalue weighted by atomic mass is 9.69. The molecule has 1 aliphatic carbocycles. The van der Waals surface area contributed by atoms with Gasteiger partial charge in [0.05, 0.1) is 48.8 Å². The number of halogens is 1. The molecule has 3 aromatic rings. The average molecular weight is 480 g/mol. The maximum Gasteiger partial charge on any atom is 0.213 e. The van der Waals surface area contributed by atoms with Gasteiger partial charge in [0.25, 0.3) is 0 Å². The van der Waals surface area contributed by atoms with Gasteiger partial charge in [-0.15, -0.1) is 0 Å². The number of aromatic nitrogens is 3. The van der Waals surface area contributed by atoms with Crippen molar-refractivity contribution in [2.45, 2.75) is 56.2 Å². The lowest BCUT2D eigenvalue weighted by Crippen LogP contribution is -2.61. The van der Waals surface area contributed by atoms with Crippen LogP contribution in [0.3, 0.4) is 0 Å². The third-order valence-electron chi connectivity index (χ3n) is 7.76. The highest BCUT2D eigenvalue weighted by Crippen LogP contribution is 2.46. The number of fused-ring (bicyclic) bond motifs is 5. The zero-order valence-electron chi connectivity index (χ0n) is 19.9. The number of hydrogen-bond acceptors (Lipinski definition) is 8. The predicted molar refractivity (Wildman–Crippen MR) is 129 cm³/mol. The molecule has 2 bridgehead atoms. The van der Waals surface area contributed by atoms with E-state index in [2.05, 4.69) is 20.6 Å². The standard InChI is InChI=1S/C26H30FN5O3/c1-33-22-5-3-20-23(32-22)18(19(27)15-29-20)6-7-26-10-8-25(9-11-26,16-35-26)30-14-17-2-4-21-24(31-17)28-12-13-34-21/h2-5,15,30H,6-14,16H2,1H3,(H,28,31). The summed E-state index contributed by atoms with van der Waals surface area (Å²) < 4.78 is 32.1. The smallest absolute Gasteiger partial charge is 0.213 e. The molecule has 0 amide bonds. The van der Waals surface area contributed by atoms with E-state index in [9.17, 15) is 4.39 Å². The lowest BCUT2D eigenvalue weighted by Gasteiger charge is -2.53. The molecule has 1 saturated carbocycles. The van der Waals surface area contributed by atoms with Crippen LogP contribution in [0.4, 0.5) is 10.2 Å². The van der Waals surface area contributed by atoms with E-state index in [4.69, 9.17) is 19.2 Å². The Morgan fingerprint density at radius 3 is 2.83 bits per heavy atom. The third kappa shape index (κ3) is 4.27. The molecule has 3 fully saturated rings. The Hall–Kier alpha value is -3.04. The van der Waals surface area contributed by atoms with E-state index in [-0.39, 0.29) is 17.0 Å². The molecule has 0 radical (unpaired) electrons. The van der Waals surface area contributed by atoms with Gasteiger partial charge in [0.2, 0.25) is 5.88 Å². The van der Waals surface area contributed by atoms with Gasteiger partial charge in [-0.25, -0.2) is 14.4 Å². The maximum atomic E-state index is 14.8. The number of aryl methyl sites for hydroxylation is 1. The van der Waals surface area contributed by atoms with Gasteiger partial charge in [-0.2, -0.15) is 0 Å². The van der Waals surface area contributed by atoms with Crippen molar-refractivity contribution in [2.75, 3.05) is 32.2 Å². The van der Waals surface area contributed by atoms with Crippen molar-refractivity contribution in [1.29, 1.82) is 0 Å². The number of nitrogens with zero attached hydrogens (tertiary/aromatic N) is 3. The molecule has 7 rings (SSSR count). The number of hydrogen-bond donors (Lipinski definition) is 2. The van der Waals surface area contributed by atoms with E-state index < -0.39 is 0 Å². The Bertz CT molecular complexity index is 1230. The number of rotatable bonds is 7. The number of methoxy groups -OCH3 is 1. The Kier molecular flexibility index (Phi) is 5.69. The maximum absolute atomic E-state index is 14.8. The van der Waals surface area contributed by atoms with E-state index in [0.717, 1.165) is 55.9 Å². The van der Waals surface area contributed by atoms with Gasteiger partial charge in [-0.3, -0.25) is 4.98 Å².